The molecule has 0 fully saturated rings. The van der Waals surface area contributed by atoms with Crippen molar-refractivity contribution < 1.29 is 14.1 Å². The van der Waals surface area contributed by atoms with Crippen molar-refractivity contribution in [1.29, 1.82) is 0 Å². The van der Waals surface area contributed by atoms with Crippen molar-refractivity contribution in [3.63, 3.8) is 0 Å². The van der Waals surface area contributed by atoms with Crippen LogP contribution in [0.5, 0.6) is 5.75 Å². The Balaban J connectivity index is 1.27. The number of hydrogen-bond acceptors (Lipinski definition) is 7. The smallest absolute Gasteiger partial charge is 0.227 e. The highest BCUT2D eigenvalue weighted by atomic mass is 32.2. The van der Waals surface area contributed by atoms with Crippen LogP contribution in [-0.2, 0) is 17.0 Å². The SMILES string of the molecule is COc1cccc(NC(=O)CCc2nc(CSc3nc4ccccc4[nH]3)no2)c1. The summed E-state index contributed by atoms with van der Waals surface area (Å²) in [6.45, 7) is 0. The summed E-state index contributed by atoms with van der Waals surface area (Å²) in [4.78, 5) is 24.2. The maximum atomic E-state index is 12.1. The van der Waals surface area contributed by atoms with E-state index < -0.39 is 0 Å². The van der Waals surface area contributed by atoms with Gasteiger partial charge in [-0.2, -0.15) is 4.98 Å². The van der Waals surface area contributed by atoms with Crippen LogP contribution in [0.1, 0.15) is 18.1 Å². The van der Waals surface area contributed by atoms with E-state index in [1.807, 2.05) is 36.4 Å². The van der Waals surface area contributed by atoms with Crippen LogP contribution in [0.15, 0.2) is 58.2 Å². The number of carbonyl (C=O) groups is 1. The molecule has 0 spiro atoms. The van der Waals surface area contributed by atoms with Crippen molar-refractivity contribution in [1.82, 2.24) is 20.1 Å². The number of amides is 1. The monoisotopic (exact) mass is 409 g/mol. The summed E-state index contributed by atoms with van der Waals surface area (Å²) in [5.74, 6) is 2.09. The molecule has 4 aromatic rings. The van der Waals surface area contributed by atoms with Crippen molar-refractivity contribution in [2.75, 3.05) is 12.4 Å². The fraction of sp³-hybridized carbons (Fsp3) is 0.200. The van der Waals surface area contributed by atoms with E-state index in [-0.39, 0.29) is 12.3 Å². The summed E-state index contributed by atoms with van der Waals surface area (Å²) in [6.07, 6.45) is 0.619. The number of aromatic amines is 1. The minimum absolute atomic E-state index is 0.130. The van der Waals surface area contributed by atoms with E-state index in [2.05, 4.69) is 25.4 Å². The molecule has 8 nitrogen and oxygen atoms in total. The second-order valence-corrected chi connectivity index (χ2v) is 7.20. The van der Waals surface area contributed by atoms with Crippen molar-refractivity contribution in [2.45, 2.75) is 23.8 Å². The first kappa shape index (κ1) is 19.0. The summed E-state index contributed by atoms with van der Waals surface area (Å²) in [5.41, 5.74) is 2.60. The number of nitrogens with one attached hydrogen (secondary N) is 2. The molecule has 2 aromatic carbocycles. The van der Waals surface area contributed by atoms with E-state index in [1.165, 1.54) is 11.8 Å². The molecule has 29 heavy (non-hydrogen) atoms. The van der Waals surface area contributed by atoms with E-state index in [0.717, 1.165) is 16.2 Å². The lowest BCUT2D eigenvalue weighted by atomic mass is 10.2. The summed E-state index contributed by atoms with van der Waals surface area (Å²) >= 11 is 1.50. The van der Waals surface area contributed by atoms with Crippen molar-refractivity contribution in [3.05, 3.63) is 60.2 Å². The van der Waals surface area contributed by atoms with Crippen LogP contribution < -0.4 is 10.1 Å². The van der Waals surface area contributed by atoms with Crippen LogP contribution >= 0.6 is 11.8 Å². The van der Waals surface area contributed by atoms with Gasteiger partial charge in [-0.1, -0.05) is 35.1 Å². The number of methoxy groups -OCH3 is 1. The third-order valence-electron chi connectivity index (χ3n) is 4.14. The average Bonchev–Trinajstić information content (AvgIpc) is 3.37. The molecule has 4 rings (SSSR count). The topological polar surface area (TPSA) is 106 Å². The van der Waals surface area contributed by atoms with Crippen LogP contribution in [-0.4, -0.2) is 33.1 Å². The number of ether oxygens (including phenoxy) is 1. The molecule has 9 heteroatoms. The minimum Gasteiger partial charge on any atom is -0.497 e. The third kappa shape index (κ3) is 4.94. The molecule has 0 saturated heterocycles. The fourth-order valence-electron chi connectivity index (χ4n) is 2.73. The lowest BCUT2D eigenvalue weighted by Gasteiger charge is -2.06. The fourth-order valence-corrected chi connectivity index (χ4v) is 3.45. The summed E-state index contributed by atoms with van der Waals surface area (Å²) in [7, 11) is 1.58. The number of benzene rings is 2. The van der Waals surface area contributed by atoms with Gasteiger partial charge < -0.3 is 19.6 Å². The summed E-state index contributed by atoms with van der Waals surface area (Å²) in [5, 5.41) is 7.60. The minimum atomic E-state index is -0.130. The van der Waals surface area contributed by atoms with Gasteiger partial charge in [0.1, 0.15) is 5.75 Å². The molecule has 0 unspecified atom stereocenters. The number of carbonyl (C=O) groups excluding carboxylic acids is 1. The van der Waals surface area contributed by atoms with Gasteiger partial charge in [0.15, 0.2) is 11.0 Å². The number of fused-ring (bicyclic) bond motifs is 1. The van der Waals surface area contributed by atoms with Crippen LogP contribution in [0.2, 0.25) is 0 Å². The van der Waals surface area contributed by atoms with Crippen LogP contribution in [0.4, 0.5) is 5.69 Å². The molecule has 0 bridgehead atoms. The molecule has 1 amide bonds. The number of rotatable bonds is 8. The first-order chi connectivity index (χ1) is 14.2. The van der Waals surface area contributed by atoms with Gasteiger partial charge in [0.05, 0.1) is 23.9 Å². The number of anilines is 1. The summed E-state index contributed by atoms with van der Waals surface area (Å²) < 4.78 is 10.4. The van der Waals surface area contributed by atoms with E-state index in [9.17, 15) is 4.79 Å². The molecule has 0 radical (unpaired) electrons. The van der Waals surface area contributed by atoms with Gasteiger partial charge in [-0.3, -0.25) is 4.79 Å². The van der Waals surface area contributed by atoms with Gasteiger partial charge in [-0.25, -0.2) is 4.98 Å². The van der Waals surface area contributed by atoms with E-state index >= 15 is 0 Å². The maximum absolute atomic E-state index is 12.1. The predicted molar refractivity (Wildman–Crippen MR) is 110 cm³/mol. The molecular formula is C20H19N5O3S. The highest BCUT2D eigenvalue weighted by Gasteiger charge is 2.11. The molecule has 0 saturated carbocycles. The number of aromatic nitrogens is 4. The van der Waals surface area contributed by atoms with Crippen LogP contribution in [0.3, 0.4) is 0 Å². The number of para-hydroxylation sites is 2. The van der Waals surface area contributed by atoms with Gasteiger partial charge >= 0.3 is 0 Å². The second-order valence-electron chi connectivity index (χ2n) is 6.23. The molecule has 0 aliphatic carbocycles. The number of aryl methyl sites for hydroxylation is 1. The lowest BCUT2D eigenvalue weighted by molar-refractivity contribution is -0.116. The summed E-state index contributed by atoms with van der Waals surface area (Å²) in [6, 6.07) is 15.1. The molecule has 0 atom stereocenters. The Morgan fingerprint density at radius 2 is 2.10 bits per heavy atom. The molecule has 2 heterocycles. The molecule has 2 N–H and O–H groups in total. The zero-order chi connectivity index (χ0) is 20.1. The standard InChI is InChI=1S/C20H19N5O3S/c1-27-14-6-4-5-13(11-14)21-18(26)9-10-19-24-17(25-28-19)12-29-20-22-15-7-2-3-8-16(15)23-20/h2-8,11H,9-10,12H2,1H3,(H,21,26)(H,22,23). The maximum Gasteiger partial charge on any atom is 0.227 e. The Hall–Kier alpha value is -3.33. The molecule has 0 aliphatic rings. The van der Waals surface area contributed by atoms with Crippen LogP contribution in [0.25, 0.3) is 11.0 Å². The molecule has 2 aromatic heterocycles. The van der Waals surface area contributed by atoms with E-state index in [1.54, 1.807) is 19.2 Å². The number of thioether (sulfide) groups is 1. The first-order valence-electron chi connectivity index (χ1n) is 9.02. The third-order valence-corrected chi connectivity index (χ3v) is 5.00. The predicted octanol–water partition coefficient (Wildman–Crippen LogP) is 3.82. The lowest BCUT2D eigenvalue weighted by Crippen LogP contribution is -2.12. The Morgan fingerprint density at radius 1 is 1.21 bits per heavy atom. The van der Waals surface area contributed by atoms with E-state index in [4.69, 9.17) is 9.26 Å². The molecular weight excluding hydrogens is 390 g/mol. The normalized spacial score (nSPS) is 10.9. The average molecular weight is 409 g/mol. The number of nitrogens with zero attached hydrogens (tertiary/aromatic N) is 3. The number of imidazole rings is 1. The molecule has 0 aliphatic heterocycles. The van der Waals surface area contributed by atoms with Gasteiger partial charge in [-0.05, 0) is 24.3 Å². The van der Waals surface area contributed by atoms with Gasteiger partial charge in [0.25, 0.3) is 0 Å². The Kier molecular flexibility index (Phi) is 5.76. The van der Waals surface area contributed by atoms with Crippen LogP contribution in [0, 0.1) is 0 Å². The molecule has 148 valence electrons. The zero-order valence-electron chi connectivity index (χ0n) is 15.7. The quantitative estimate of drug-likeness (QED) is 0.426. The largest absolute Gasteiger partial charge is 0.497 e. The van der Waals surface area contributed by atoms with E-state index in [0.29, 0.717) is 35.3 Å². The zero-order valence-corrected chi connectivity index (χ0v) is 16.5. The highest BCUT2D eigenvalue weighted by Crippen LogP contribution is 2.22. The first-order valence-corrected chi connectivity index (χ1v) is 10.0. The Morgan fingerprint density at radius 3 is 2.97 bits per heavy atom. The highest BCUT2D eigenvalue weighted by molar-refractivity contribution is 7.98. The van der Waals surface area contributed by atoms with Gasteiger partial charge in [0.2, 0.25) is 11.8 Å². The number of H-pyrrole nitrogens is 1. The number of hydrogen-bond donors (Lipinski definition) is 2. The Bertz CT molecular complexity index is 1090. The van der Waals surface area contributed by atoms with Crippen molar-refractivity contribution in [2.24, 2.45) is 0 Å². The van der Waals surface area contributed by atoms with Crippen molar-refractivity contribution in [3.8, 4) is 5.75 Å². The van der Waals surface area contributed by atoms with Gasteiger partial charge in [-0.15, -0.1) is 0 Å². The van der Waals surface area contributed by atoms with Gasteiger partial charge in [0, 0.05) is 24.6 Å². The van der Waals surface area contributed by atoms with Crippen molar-refractivity contribution >= 4 is 34.4 Å². The second kappa shape index (κ2) is 8.78. The Labute approximate surface area is 171 Å².